The van der Waals surface area contributed by atoms with Gasteiger partial charge in [-0.25, -0.2) is 0 Å². The highest BCUT2D eigenvalue weighted by molar-refractivity contribution is 5.96. The summed E-state index contributed by atoms with van der Waals surface area (Å²) in [5, 5.41) is 18.4. The first-order chi connectivity index (χ1) is 10.6. The molecule has 0 aliphatic carbocycles. The average molecular weight is 296 g/mol. The number of aliphatic carboxylic acids is 2. The summed E-state index contributed by atoms with van der Waals surface area (Å²) in [5.41, 5.74) is 2.03. The average Bonchev–Trinajstić information content (AvgIpc) is 2.52. The fourth-order valence-electron chi connectivity index (χ4n) is 2.25. The van der Waals surface area contributed by atoms with Crippen LogP contribution in [0.15, 0.2) is 60.7 Å². The molecule has 0 aromatic heterocycles. The quantitative estimate of drug-likeness (QED) is 0.801. The summed E-state index contributed by atoms with van der Waals surface area (Å²) in [6.07, 6.45) is 1.28. The van der Waals surface area contributed by atoms with Gasteiger partial charge in [0.1, 0.15) is 0 Å². The van der Waals surface area contributed by atoms with Crippen LogP contribution in [-0.4, -0.2) is 22.2 Å². The lowest BCUT2D eigenvalue weighted by molar-refractivity contribution is -0.146. The lowest BCUT2D eigenvalue weighted by Gasteiger charge is -2.15. The molecule has 4 nitrogen and oxygen atoms in total. The molecule has 22 heavy (non-hydrogen) atoms. The third kappa shape index (κ3) is 4.06. The van der Waals surface area contributed by atoms with Crippen LogP contribution in [0.25, 0.3) is 11.6 Å². The topological polar surface area (TPSA) is 74.6 Å². The summed E-state index contributed by atoms with van der Waals surface area (Å²) in [6, 6.07) is 18.3. The van der Waals surface area contributed by atoms with Gasteiger partial charge in [0, 0.05) is 0 Å². The number of rotatable bonds is 6. The van der Waals surface area contributed by atoms with Crippen LogP contribution in [0.2, 0.25) is 0 Å². The maximum Gasteiger partial charge on any atom is 0.311 e. The molecule has 0 amide bonds. The van der Waals surface area contributed by atoms with Crippen LogP contribution in [0.5, 0.6) is 0 Å². The summed E-state index contributed by atoms with van der Waals surface area (Å²) in [6.45, 7) is 0. The molecule has 2 N–H and O–H groups in total. The molecule has 0 fully saturated rings. The third-order valence-corrected chi connectivity index (χ3v) is 3.28. The minimum absolute atomic E-state index is 0.455. The zero-order chi connectivity index (χ0) is 15.9. The van der Waals surface area contributed by atoms with E-state index in [1.165, 1.54) is 0 Å². The Hall–Kier alpha value is -2.88. The van der Waals surface area contributed by atoms with Gasteiger partial charge in [0.15, 0.2) is 0 Å². The fraction of sp³-hybridized carbons (Fsp3) is 0.111. The van der Waals surface area contributed by atoms with E-state index in [0.29, 0.717) is 11.1 Å². The molecule has 2 aromatic carbocycles. The second-order valence-corrected chi connectivity index (χ2v) is 4.87. The Morgan fingerprint density at radius 3 is 1.95 bits per heavy atom. The Morgan fingerprint density at radius 1 is 0.909 bits per heavy atom. The zero-order valence-corrected chi connectivity index (χ0v) is 11.8. The van der Waals surface area contributed by atoms with Crippen molar-refractivity contribution >= 4 is 23.6 Å². The smallest absolute Gasteiger partial charge is 0.311 e. The maximum atomic E-state index is 11.5. The predicted molar refractivity (Wildman–Crippen MR) is 84.1 cm³/mol. The molecule has 0 unspecified atom stereocenters. The molecule has 2 aromatic rings. The highest BCUT2D eigenvalue weighted by atomic mass is 16.4. The van der Waals surface area contributed by atoms with Crippen LogP contribution >= 0.6 is 0 Å². The highest BCUT2D eigenvalue weighted by Gasteiger charge is 2.26. The molecule has 0 bridgehead atoms. The van der Waals surface area contributed by atoms with Gasteiger partial charge < -0.3 is 10.2 Å². The predicted octanol–water partition coefficient (Wildman–Crippen LogP) is 3.40. The van der Waals surface area contributed by atoms with Gasteiger partial charge in [-0.05, 0) is 16.7 Å². The minimum Gasteiger partial charge on any atom is -0.481 e. The van der Waals surface area contributed by atoms with Crippen molar-refractivity contribution < 1.29 is 19.8 Å². The van der Waals surface area contributed by atoms with Crippen LogP contribution in [0.4, 0.5) is 0 Å². The number of carboxylic acids is 2. The lowest BCUT2D eigenvalue weighted by atomic mass is 9.88. The molecule has 0 spiro atoms. The Bertz CT molecular complexity index is 675. The van der Waals surface area contributed by atoms with Gasteiger partial charge in [-0.1, -0.05) is 66.7 Å². The number of carboxylic acid groups (broad SMARTS) is 2. The molecule has 112 valence electrons. The van der Waals surface area contributed by atoms with Crippen molar-refractivity contribution in [3.63, 3.8) is 0 Å². The van der Waals surface area contributed by atoms with Crippen LogP contribution in [0.3, 0.4) is 0 Å². The van der Waals surface area contributed by atoms with Gasteiger partial charge >= 0.3 is 11.9 Å². The molecular weight excluding hydrogens is 280 g/mol. The van der Waals surface area contributed by atoms with Gasteiger partial charge in [0.05, 0.1) is 12.3 Å². The summed E-state index contributed by atoms with van der Waals surface area (Å²) in [7, 11) is 0. The lowest BCUT2D eigenvalue weighted by Crippen LogP contribution is -2.19. The van der Waals surface area contributed by atoms with Crippen molar-refractivity contribution in [3.8, 4) is 0 Å². The number of benzene rings is 2. The van der Waals surface area contributed by atoms with Crippen LogP contribution in [0, 0.1) is 5.92 Å². The summed E-state index contributed by atoms with van der Waals surface area (Å²) in [4.78, 5) is 22.5. The molecule has 1 atom stereocenters. The SMILES string of the molecule is O=C(O)C[C@H](C(=O)O)/C(=C/c1ccccc1)c1ccccc1. The molecule has 0 saturated heterocycles. The summed E-state index contributed by atoms with van der Waals surface area (Å²) in [5.74, 6) is -3.38. The van der Waals surface area contributed by atoms with Crippen molar-refractivity contribution in [2.45, 2.75) is 6.42 Å². The molecular formula is C18H16O4. The maximum absolute atomic E-state index is 11.5. The van der Waals surface area contributed by atoms with Crippen molar-refractivity contribution in [2.24, 2.45) is 5.92 Å². The fourth-order valence-corrected chi connectivity index (χ4v) is 2.25. The summed E-state index contributed by atoms with van der Waals surface area (Å²) >= 11 is 0. The van der Waals surface area contributed by atoms with Crippen molar-refractivity contribution in [3.05, 3.63) is 71.8 Å². The Morgan fingerprint density at radius 2 is 1.45 bits per heavy atom. The largest absolute Gasteiger partial charge is 0.481 e. The molecule has 0 saturated carbocycles. The molecule has 0 aliphatic heterocycles. The Labute approximate surface area is 128 Å². The van der Waals surface area contributed by atoms with Crippen molar-refractivity contribution in [1.29, 1.82) is 0 Å². The van der Waals surface area contributed by atoms with Gasteiger partial charge in [-0.3, -0.25) is 9.59 Å². The molecule has 2 rings (SSSR count). The number of hydrogen-bond donors (Lipinski definition) is 2. The Balaban J connectivity index is 2.52. The van der Waals surface area contributed by atoms with E-state index in [2.05, 4.69) is 0 Å². The van der Waals surface area contributed by atoms with Gasteiger partial charge in [0.2, 0.25) is 0 Å². The highest BCUT2D eigenvalue weighted by Crippen LogP contribution is 2.29. The monoisotopic (exact) mass is 296 g/mol. The molecule has 4 heteroatoms. The first kappa shape index (κ1) is 15.5. The zero-order valence-electron chi connectivity index (χ0n) is 11.8. The normalized spacial score (nSPS) is 12.6. The summed E-state index contributed by atoms with van der Waals surface area (Å²) < 4.78 is 0. The number of carbonyl (C=O) groups is 2. The standard InChI is InChI=1S/C18H16O4/c19-17(20)12-16(18(21)22)15(14-9-5-2-6-10-14)11-13-7-3-1-4-8-13/h1-11,16H,12H2,(H,19,20)(H,21,22)/b15-11+/t16-/m0/s1. The second kappa shape index (κ2) is 7.22. The first-order valence-corrected chi connectivity index (χ1v) is 6.84. The van der Waals surface area contributed by atoms with Crippen LogP contribution in [-0.2, 0) is 9.59 Å². The number of hydrogen-bond acceptors (Lipinski definition) is 2. The van der Waals surface area contributed by atoms with E-state index in [1.54, 1.807) is 30.3 Å². The van der Waals surface area contributed by atoms with Crippen molar-refractivity contribution in [1.82, 2.24) is 0 Å². The van der Waals surface area contributed by atoms with E-state index in [1.807, 2.05) is 36.4 Å². The van der Waals surface area contributed by atoms with E-state index < -0.39 is 24.3 Å². The van der Waals surface area contributed by atoms with E-state index in [0.717, 1.165) is 5.56 Å². The molecule has 0 radical (unpaired) electrons. The second-order valence-electron chi connectivity index (χ2n) is 4.87. The van der Waals surface area contributed by atoms with E-state index in [4.69, 9.17) is 5.11 Å². The molecule has 0 aliphatic rings. The third-order valence-electron chi connectivity index (χ3n) is 3.28. The minimum atomic E-state index is -1.14. The van der Waals surface area contributed by atoms with Gasteiger partial charge in [0.25, 0.3) is 0 Å². The van der Waals surface area contributed by atoms with E-state index >= 15 is 0 Å². The Kier molecular flexibility index (Phi) is 5.09. The first-order valence-electron chi connectivity index (χ1n) is 6.84. The van der Waals surface area contributed by atoms with Crippen molar-refractivity contribution in [2.75, 3.05) is 0 Å². The van der Waals surface area contributed by atoms with E-state index in [9.17, 15) is 14.7 Å². The van der Waals surface area contributed by atoms with Gasteiger partial charge in [-0.2, -0.15) is 0 Å². The van der Waals surface area contributed by atoms with Crippen LogP contribution in [0.1, 0.15) is 17.5 Å². The molecule has 0 heterocycles. The van der Waals surface area contributed by atoms with Gasteiger partial charge in [-0.15, -0.1) is 0 Å². The van der Waals surface area contributed by atoms with Crippen LogP contribution < -0.4 is 0 Å². The van der Waals surface area contributed by atoms with E-state index in [-0.39, 0.29) is 0 Å².